The lowest BCUT2D eigenvalue weighted by molar-refractivity contribution is -0.122. The molecule has 4 nitrogen and oxygen atoms in total. The van der Waals surface area contributed by atoms with Crippen LogP contribution in [0, 0.1) is 6.92 Å². The summed E-state index contributed by atoms with van der Waals surface area (Å²) in [5.74, 6) is 0.909. The molecule has 1 heterocycles. The zero-order valence-corrected chi connectivity index (χ0v) is 12.9. The van der Waals surface area contributed by atoms with Gasteiger partial charge >= 0.3 is 0 Å². The summed E-state index contributed by atoms with van der Waals surface area (Å²) in [6.07, 6.45) is 3.78. The molecule has 1 saturated heterocycles. The van der Waals surface area contributed by atoms with E-state index in [4.69, 9.17) is 9.47 Å². The molecule has 116 valence electrons. The number of carbonyl (C=O) groups is 1. The number of aryl methyl sites for hydroxylation is 1. The average Bonchev–Trinajstić information content (AvgIpc) is 2.99. The number of rotatable bonds is 7. The highest BCUT2D eigenvalue weighted by Crippen LogP contribution is 2.16. The molecule has 0 spiro atoms. The smallest absolute Gasteiger partial charge is 0.220 e. The molecule has 0 aromatic heterocycles. The lowest BCUT2D eigenvalue weighted by Gasteiger charge is -2.16. The van der Waals surface area contributed by atoms with Crippen molar-refractivity contribution in [3.05, 3.63) is 29.8 Å². The minimum absolute atomic E-state index is 0.0422. The summed E-state index contributed by atoms with van der Waals surface area (Å²) in [6.45, 7) is 5.37. The molecule has 1 aromatic rings. The third-order valence-electron chi connectivity index (χ3n) is 3.66. The van der Waals surface area contributed by atoms with E-state index in [0.29, 0.717) is 13.0 Å². The van der Waals surface area contributed by atoms with Gasteiger partial charge in [-0.2, -0.15) is 0 Å². The van der Waals surface area contributed by atoms with Crippen LogP contribution in [0.1, 0.15) is 38.2 Å². The number of hydrogen-bond donors (Lipinski definition) is 1. The van der Waals surface area contributed by atoms with Crippen molar-refractivity contribution < 1.29 is 14.3 Å². The van der Waals surface area contributed by atoms with Gasteiger partial charge in [0.2, 0.25) is 5.91 Å². The summed E-state index contributed by atoms with van der Waals surface area (Å²) in [7, 11) is 0. The van der Waals surface area contributed by atoms with E-state index < -0.39 is 0 Å². The van der Waals surface area contributed by atoms with Crippen LogP contribution >= 0.6 is 0 Å². The number of benzene rings is 1. The van der Waals surface area contributed by atoms with E-state index in [0.717, 1.165) is 31.6 Å². The van der Waals surface area contributed by atoms with Gasteiger partial charge in [-0.1, -0.05) is 17.7 Å². The molecule has 0 radical (unpaired) electrons. The Kier molecular flexibility index (Phi) is 6.05. The van der Waals surface area contributed by atoms with Gasteiger partial charge in [0.1, 0.15) is 11.9 Å². The molecule has 1 N–H and O–H groups in total. The van der Waals surface area contributed by atoms with E-state index in [1.54, 1.807) is 0 Å². The van der Waals surface area contributed by atoms with Gasteiger partial charge in [0.05, 0.1) is 12.6 Å². The predicted octanol–water partition coefficient (Wildman–Crippen LogP) is 2.84. The third kappa shape index (κ3) is 5.76. The molecule has 1 amide bonds. The molecule has 0 saturated carbocycles. The van der Waals surface area contributed by atoms with Gasteiger partial charge in [-0.05, 0) is 45.2 Å². The topological polar surface area (TPSA) is 47.6 Å². The lowest BCUT2D eigenvalue weighted by atomic mass is 10.1. The highest BCUT2D eigenvalue weighted by molar-refractivity contribution is 5.75. The summed E-state index contributed by atoms with van der Waals surface area (Å²) in [5, 5.41) is 2.92. The number of amides is 1. The Hall–Kier alpha value is -1.55. The molecule has 21 heavy (non-hydrogen) atoms. The van der Waals surface area contributed by atoms with Crippen molar-refractivity contribution in [3.8, 4) is 5.75 Å². The maximum atomic E-state index is 11.8. The standard InChI is InChI=1S/C17H25NO3/c1-13-5-7-16(8-6-13)21-14(2)12-18-17(19)10-9-15-4-3-11-20-15/h5-8,14-15H,3-4,9-12H2,1-2H3,(H,18,19). The van der Waals surface area contributed by atoms with Crippen LogP contribution in [0.15, 0.2) is 24.3 Å². The van der Waals surface area contributed by atoms with Crippen LogP contribution in [0.3, 0.4) is 0 Å². The van der Waals surface area contributed by atoms with Crippen LogP contribution in [0.5, 0.6) is 5.75 Å². The van der Waals surface area contributed by atoms with Crippen LogP contribution in [-0.4, -0.2) is 31.3 Å². The first kappa shape index (κ1) is 15.8. The van der Waals surface area contributed by atoms with Crippen LogP contribution in [0.25, 0.3) is 0 Å². The van der Waals surface area contributed by atoms with Crippen molar-refractivity contribution in [2.24, 2.45) is 0 Å². The maximum absolute atomic E-state index is 11.8. The Labute approximate surface area is 126 Å². The second-order valence-corrected chi connectivity index (χ2v) is 5.72. The minimum Gasteiger partial charge on any atom is -0.489 e. The summed E-state index contributed by atoms with van der Waals surface area (Å²) >= 11 is 0. The summed E-state index contributed by atoms with van der Waals surface area (Å²) in [5.41, 5.74) is 1.21. The molecular weight excluding hydrogens is 266 g/mol. The molecule has 2 rings (SSSR count). The first-order chi connectivity index (χ1) is 10.1. The van der Waals surface area contributed by atoms with Gasteiger partial charge in [-0.3, -0.25) is 4.79 Å². The van der Waals surface area contributed by atoms with Crippen LogP contribution in [0.2, 0.25) is 0 Å². The van der Waals surface area contributed by atoms with Crippen molar-refractivity contribution >= 4 is 5.91 Å². The third-order valence-corrected chi connectivity index (χ3v) is 3.66. The quantitative estimate of drug-likeness (QED) is 0.840. The largest absolute Gasteiger partial charge is 0.489 e. The zero-order valence-electron chi connectivity index (χ0n) is 12.9. The van der Waals surface area contributed by atoms with Crippen molar-refractivity contribution in [2.75, 3.05) is 13.2 Å². The molecular formula is C17H25NO3. The SMILES string of the molecule is Cc1ccc(OC(C)CNC(=O)CCC2CCCO2)cc1. The fourth-order valence-corrected chi connectivity index (χ4v) is 2.40. The van der Waals surface area contributed by atoms with E-state index in [2.05, 4.69) is 5.32 Å². The van der Waals surface area contributed by atoms with E-state index in [9.17, 15) is 4.79 Å². The predicted molar refractivity (Wildman–Crippen MR) is 82.5 cm³/mol. The van der Waals surface area contributed by atoms with Crippen LogP contribution < -0.4 is 10.1 Å². The molecule has 1 aliphatic rings. The van der Waals surface area contributed by atoms with Gasteiger partial charge in [-0.15, -0.1) is 0 Å². The molecule has 2 atom stereocenters. The zero-order chi connectivity index (χ0) is 15.1. The first-order valence-corrected chi connectivity index (χ1v) is 7.75. The summed E-state index contributed by atoms with van der Waals surface area (Å²) in [4.78, 5) is 11.8. The number of ether oxygens (including phenoxy) is 2. The molecule has 1 aliphatic heterocycles. The van der Waals surface area contributed by atoms with E-state index in [-0.39, 0.29) is 18.1 Å². The first-order valence-electron chi connectivity index (χ1n) is 7.75. The van der Waals surface area contributed by atoms with Gasteiger partial charge in [0.15, 0.2) is 0 Å². The molecule has 0 aliphatic carbocycles. The lowest BCUT2D eigenvalue weighted by Crippen LogP contribution is -2.33. The minimum atomic E-state index is -0.0422. The van der Waals surface area contributed by atoms with Gasteiger partial charge in [-0.25, -0.2) is 0 Å². The molecule has 2 unspecified atom stereocenters. The highest BCUT2D eigenvalue weighted by Gasteiger charge is 2.16. The molecule has 1 aromatic carbocycles. The van der Waals surface area contributed by atoms with Gasteiger partial charge in [0.25, 0.3) is 0 Å². The van der Waals surface area contributed by atoms with E-state index in [1.165, 1.54) is 5.56 Å². The van der Waals surface area contributed by atoms with Crippen molar-refractivity contribution in [3.63, 3.8) is 0 Å². The summed E-state index contributed by atoms with van der Waals surface area (Å²) in [6, 6.07) is 7.93. The molecule has 4 heteroatoms. The average molecular weight is 291 g/mol. The van der Waals surface area contributed by atoms with E-state index in [1.807, 2.05) is 38.1 Å². The Morgan fingerprint density at radius 1 is 1.43 bits per heavy atom. The monoisotopic (exact) mass is 291 g/mol. The van der Waals surface area contributed by atoms with E-state index >= 15 is 0 Å². The second kappa shape index (κ2) is 8.03. The van der Waals surface area contributed by atoms with Crippen molar-refractivity contribution in [1.29, 1.82) is 0 Å². The highest BCUT2D eigenvalue weighted by atomic mass is 16.5. The number of carbonyl (C=O) groups excluding carboxylic acids is 1. The fourth-order valence-electron chi connectivity index (χ4n) is 2.40. The van der Waals surface area contributed by atoms with Crippen molar-refractivity contribution in [1.82, 2.24) is 5.32 Å². The van der Waals surface area contributed by atoms with Gasteiger partial charge in [0, 0.05) is 13.0 Å². The Morgan fingerprint density at radius 3 is 2.86 bits per heavy atom. The fraction of sp³-hybridized carbons (Fsp3) is 0.588. The number of nitrogens with one attached hydrogen (secondary N) is 1. The second-order valence-electron chi connectivity index (χ2n) is 5.72. The normalized spacial score (nSPS) is 19.2. The van der Waals surface area contributed by atoms with Crippen LogP contribution in [0.4, 0.5) is 0 Å². The molecule has 1 fully saturated rings. The number of hydrogen-bond acceptors (Lipinski definition) is 3. The van der Waals surface area contributed by atoms with Crippen molar-refractivity contribution in [2.45, 2.75) is 51.7 Å². The maximum Gasteiger partial charge on any atom is 0.220 e. The Morgan fingerprint density at radius 2 is 2.19 bits per heavy atom. The molecule has 0 bridgehead atoms. The Bertz CT molecular complexity index is 438. The Balaban J connectivity index is 1.62. The van der Waals surface area contributed by atoms with Crippen LogP contribution in [-0.2, 0) is 9.53 Å². The van der Waals surface area contributed by atoms with Gasteiger partial charge < -0.3 is 14.8 Å². The summed E-state index contributed by atoms with van der Waals surface area (Å²) < 4.78 is 11.3.